The van der Waals surface area contributed by atoms with E-state index in [0.29, 0.717) is 68.0 Å². The van der Waals surface area contributed by atoms with Crippen LogP contribution in [-0.4, -0.2) is 52.6 Å². The van der Waals surface area contributed by atoms with Gasteiger partial charge in [0.05, 0.1) is 76.2 Å². The summed E-state index contributed by atoms with van der Waals surface area (Å²) in [6, 6.07) is 53.9. The molecule has 9 rings (SSSR count). The van der Waals surface area contributed by atoms with Gasteiger partial charge in [0, 0.05) is 35.0 Å². The first-order valence-corrected chi connectivity index (χ1v) is 20.2. The molecule has 8 nitrogen and oxygen atoms in total. The maximum atomic E-state index is 6.01. The van der Waals surface area contributed by atoms with Crippen molar-refractivity contribution in [3.63, 3.8) is 0 Å². The Balaban J connectivity index is 1.37. The van der Waals surface area contributed by atoms with Crippen LogP contribution in [0.15, 0.2) is 158 Å². The van der Waals surface area contributed by atoms with Gasteiger partial charge in [0.1, 0.15) is 34.5 Å². The van der Waals surface area contributed by atoms with Gasteiger partial charge in [0.25, 0.3) is 0 Å². The number of ether oxygens (including phenoxy) is 6. The predicted molar refractivity (Wildman–Crippen MR) is 249 cm³/mol. The molecular formula is C54H44N2O6. The zero-order valence-corrected chi connectivity index (χ0v) is 35.4. The van der Waals surface area contributed by atoms with Gasteiger partial charge in [-0.05, 0) is 56.6 Å². The van der Waals surface area contributed by atoms with E-state index in [0.717, 1.165) is 55.3 Å². The molecular weight excluding hydrogens is 773 g/mol. The normalized spacial score (nSPS) is 11.1. The standard InChI is InChI=1S/C54H44N2O6/c1-57-39-27-47(59-3)51(48(28-39)60-4)45-31-43(37-21-17-35(18-22-37)33-13-9-7-10-14-33)41-25-26-42-44(38-23-19-36(20-24-38)34-15-11-8-12-16-34)32-46(56-54(42)53(41)55-45)52-49(61-5)29-40(58-2)30-50(52)62-6/h7-32H,1-6H3. The van der Waals surface area contributed by atoms with E-state index in [9.17, 15) is 0 Å². The molecule has 0 aliphatic carbocycles. The molecule has 2 aromatic heterocycles. The quantitative estimate of drug-likeness (QED) is 0.113. The molecule has 306 valence electrons. The summed E-state index contributed by atoms with van der Waals surface area (Å²) in [5.41, 5.74) is 12.5. The minimum atomic E-state index is 0.555. The fraction of sp³-hybridized carbons (Fsp3) is 0.111. The van der Waals surface area contributed by atoms with Crippen molar-refractivity contribution < 1.29 is 28.4 Å². The topological polar surface area (TPSA) is 81.2 Å². The van der Waals surface area contributed by atoms with E-state index in [2.05, 4.69) is 121 Å². The largest absolute Gasteiger partial charge is 0.496 e. The van der Waals surface area contributed by atoms with Crippen LogP contribution in [0.2, 0.25) is 0 Å². The van der Waals surface area contributed by atoms with Crippen LogP contribution in [0.3, 0.4) is 0 Å². The average molecular weight is 817 g/mol. The molecule has 0 bridgehead atoms. The monoisotopic (exact) mass is 816 g/mol. The van der Waals surface area contributed by atoms with Crippen LogP contribution in [0.25, 0.3) is 88.8 Å². The molecule has 0 saturated carbocycles. The zero-order chi connectivity index (χ0) is 42.7. The lowest BCUT2D eigenvalue weighted by molar-refractivity contribution is 0.377. The summed E-state index contributed by atoms with van der Waals surface area (Å²) in [5.74, 6) is 3.42. The average Bonchev–Trinajstić information content (AvgIpc) is 3.35. The summed E-state index contributed by atoms with van der Waals surface area (Å²) in [6.07, 6.45) is 0. The summed E-state index contributed by atoms with van der Waals surface area (Å²) in [6.45, 7) is 0. The Bertz CT molecular complexity index is 2800. The lowest BCUT2D eigenvalue weighted by Crippen LogP contribution is -2.00. The molecule has 2 heterocycles. The molecule has 0 saturated heterocycles. The molecule has 0 aliphatic heterocycles. The van der Waals surface area contributed by atoms with Crippen molar-refractivity contribution in [1.82, 2.24) is 9.97 Å². The van der Waals surface area contributed by atoms with E-state index in [1.54, 1.807) is 42.7 Å². The number of aromatic nitrogens is 2. The highest BCUT2D eigenvalue weighted by Gasteiger charge is 2.24. The fourth-order valence-electron chi connectivity index (χ4n) is 8.17. The number of methoxy groups -OCH3 is 6. The Morgan fingerprint density at radius 1 is 0.306 bits per heavy atom. The number of pyridine rings is 2. The minimum Gasteiger partial charge on any atom is -0.496 e. The highest BCUT2D eigenvalue weighted by atomic mass is 16.5. The smallest absolute Gasteiger partial charge is 0.135 e. The summed E-state index contributed by atoms with van der Waals surface area (Å²) in [5, 5.41) is 1.84. The van der Waals surface area contributed by atoms with E-state index < -0.39 is 0 Å². The lowest BCUT2D eigenvalue weighted by atomic mass is 9.92. The number of rotatable bonds is 12. The van der Waals surface area contributed by atoms with Gasteiger partial charge in [0.2, 0.25) is 0 Å². The van der Waals surface area contributed by atoms with Crippen molar-refractivity contribution in [2.75, 3.05) is 42.7 Å². The van der Waals surface area contributed by atoms with Gasteiger partial charge < -0.3 is 28.4 Å². The third-order valence-corrected chi connectivity index (χ3v) is 11.3. The van der Waals surface area contributed by atoms with E-state index >= 15 is 0 Å². The Hall–Kier alpha value is -7.84. The van der Waals surface area contributed by atoms with Crippen molar-refractivity contribution in [2.24, 2.45) is 0 Å². The van der Waals surface area contributed by atoms with E-state index in [1.807, 2.05) is 36.4 Å². The van der Waals surface area contributed by atoms with Crippen molar-refractivity contribution in [3.05, 3.63) is 158 Å². The Morgan fingerprint density at radius 2 is 0.613 bits per heavy atom. The van der Waals surface area contributed by atoms with Crippen molar-refractivity contribution >= 4 is 21.8 Å². The number of hydrogen-bond acceptors (Lipinski definition) is 8. The third-order valence-electron chi connectivity index (χ3n) is 11.3. The molecule has 0 amide bonds. The maximum Gasteiger partial charge on any atom is 0.135 e. The molecule has 8 heteroatoms. The van der Waals surface area contributed by atoms with Gasteiger partial charge in [-0.3, -0.25) is 0 Å². The Kier molecular flexibility index (Phi) is 10.9. The zero-order valence-electron chi connectivity index (χ0n) is 35.4. The Labute approximate surface area is 360 Å². The van der Waals surface area contributed by atoms with Crippen LogP contribution >= 0.6 is 0 Å². The van der Waals surface area contributed by atoms with Crippen molar-refractivity contribution in [1.29, 1.82) is 0 Å². The van der Waals surface area contributed by atoms with E-state index in [4.69, 9.17) is 38.4 Å². The number of benzene rings is 7. The number of hydrogen-bond donors (Lipinski definition) is 0. The fourth-order valence-corrected chi connectivity index (χ4v) is 8.17. The molecule has 0 radical (unpaired) electrons. The van der Waals surface area contributed by atoms with Gasteiger partial charge in [0.15, 0.2) is 0 Å². The number of nitrogens with zero attached hydrogens (tertiary/aromatic N) is 2. The number of fused-ring (bicyclic) bond motifs is 3. The molecule has 62 heavy (non-hydrogen) atoms. The molecule has 0 unspecified atom stereocenters. The molecule has 9 aromatic rings. The second kappa shape index (κ2) is 17.0. The first-order valence-electron chi connectivity index (χ1n) is 20.2. The lowest BCUT2D eigenvalue weighted by Gasteiger charge is -2.19. The summed E-state index contributed by atoms with van der Waals surface area (Å²) >= 11 is 0. The second-order valence-corrected chi connectivity index (χ2v) is 14.7. The van der Waals surface area contributed by atoms with Crippen LogP contribution in [0, 0.1) is 0 Å². The first kappa shape index (κ1) is 39.6. The van der Waals surface area contributed by atoms with Gasteiger partial charge in [-0.25, -0.2) is 9.97 Å². The van der Waals surface area contributed by atoms with Gasteiger partial charge in [-0.15, -0.1) is 0 Å². The van der Waals surface area contributed by atoms with Crippen LogP contribution in [0.4, 0.5) is 0 Å². The molecule has 0 atom stereocenters. The van der Waals surface area contributed by atoms with Crippen molar-refractivity contribution in [2.45, 2.75) is 0 Å². The molecule has 0 aliphatic rings. The van der Waals surface area contributed by atoms with Gasteiger partial charge >= 0.3 is 0 Å². The summed E-state index contributed by atoms with van der Waals surface area (Å²) < 4.78 is 35.3. The SMILES string of the molecule is COc1cc(OC)c(-c2cc(-c3ccc(-c4ccccc4)cc3)c3ccc4c(-c5ccc(-c6ccccc6)cc5)cc(-c5c(OC)cc(OC)cc5OC)nc4c3n2)c(OC)c1. The highest BCUT2D eigenvalue weighted by molar-refractivity contribution is 6.14. The van der Waals surface area contributed by atoms with Crippen LogP contribution in [0.1, 0.15) is 0 Å². The summed E-state index contributed by atoms with van der Waals surface area (Å²) in [4.78, 5) is 11.0. The van der Waals surface area contributed by atoms with E-state index in [-0.39, 0.29) is 0 Å². The highest BCUT2D eigenvalue weighted by Crippen LogP contribution is 2.47. The van der Waals surface area contributed by atoms with Gasteiger partial charge in [-0.1, -0.05) is 121 Å². The summed E-state index contributed by atoms with van der Waals surface area (Å²) in [7, 11) is 9.78. The minimum absolute atomic E-state index is 0.555. The molecule has 7 aromatic carbocycles. The molecule has 0 spiro atoms. The van der Waals surface area contributed by atoms with E-state index in [1.165, 1.54) is 0 Å². The first-order chi connectivity index (χ1) is 30.4. The van der Waals surface area contributed by atoms with Crippen molar-refractivity contribution in [3.8, 4) is 102 Å². The second-order valence-electron chi connectivity index (χ2n) is 14.7. The van der Waals surface area contributed by atoms with Crippen LogP contribution in [0.5, 0.6) is 34.5 Å². The Morgan fingerprint density at radius 3 is 0.919 bits per heavy atom. The molecule has 0 fully saturated rings. The van der Waals surface area contributed by atoms with Gasteiger partial charge in [-0.2, -0.15) is 0 Å². The maximum absolute atomic E-state index is 6.01. The molecule has 0 N–H and O–H groups in total. The predicted octanol–water partition coefficient (Wildman–Crippen LogP) is 12.8. The third kappa shape index (κ3) is 7.26. The van der Waals surface area contributed by atoms with Crippen LogP contribution in [-0.2, 0) is 0 Å². The van der Waals surface area contributed by atoms with Crippen LogP contribution < -0.4 is 28.4 Å².